The quantitative estimate of drug-likeness (QED) is 0.624. The molecular weight excluding hydrogens is 253 g/mol. The number of hydrogen-bond acceptors (Lipinski definition) is 0. The minimum atomic E-state index is 0.651. The van der Waals surface area contributed by atoms with Crippen LogP contribution in [0, 0.1) is 0 Å². The Bertz CT molecular complexity index is 686. The maximum Gasteiger partial charge on any atom is 0.0499 e. The second-order valence-corrected chi connectivity index (χ2v) is 4.72. The average molecular weight is 262 g/mol. The van der Waals surface area contributed by atoms with Crippen LogP contribution in [0.25, 0.3) is 22.0 Å². The highest BCUT2D eigenvalue weighted by Crippen LogP contribution is 2.34. The van der Waals surface area contributed by atoms with Gasteiger partial charge in [-0.05, 0) is 18.2 Å². The number of aromatic nitrogens is 1. The molecule has 1 nitrogen and oxygen atoms in total. The summed E-state index contributed by atoms with van der Waals surface area (Å²) in [6.07, 6.45) is 1.97. The summed E-state index contributed by atoms with van der Waals surface area (Å²) in [6, 6.07) is 13.7. The number of halogens is 2. The van der Waals surface area contributed by atoms with E-state index in [-0.39, 0.29) is 0 Å². The van der Waals surface area contributed by atoms with E-state index in [0.29, 0.717) is 10.0 Å². The molecule has 1 heterocycles. The number of aromatic amines is 1. The second kappa shape index (κ2) is 4.10. The fourth-order valence-electron chi connectivity index (χ4n) is 2.00. The van der Waals surface area contributed by atoms with Gasteiger partial charge in [0, 0.05) is 38.3 Å². The molecule has 0 saturated carbocycles. The molecule has 0 radical (unpaired) electrons. The molecule has 0 unspecified atom stereocenters. The topological polar surface area (TPSA) is 15.8 Å². The monoisotopic (exact) mass is 261 g/mol. The predicted molar refractivity (Wildman–Crippen MR) is 73.8 cm³/mol. The van der Waals surface area contributed by atoms with E-state index in [9.17, 15) is 0 Å². The number of H-pyrrole nitrogens is 1. The Labute approximate surface area is 109 Å². The predicted octanol–water partition coefficient (Wildman–Crippen LogP) is 5.14. The van der Waals surface area contributed by atoms with Crippen molar-refractivity contribution in [3.8, 4) is 11.1 Å². The Morgan fingerprint density at radius 3 is 2.53 bits per heavy atom. The van der Waals surface area contributed by atoms with Crippen molar-refractivity contribution in [2.24, 2.45) is 0 Å². The van der Waals surface area contributed by atoms with Gasteiger partial charge in [0.1, 0.15) is 0 Å². The lowest BCUT2D eigenvalue weighted by atomic mass is 10.1. The van der Waals surface area contributed by atoms with Crippen LogP contribution < -0.4 is 0 Å². The zero-order valence-corrected chi connectivity index (χ0v) is 10.4. The van der Waals surface area contributed by atoms with Crippen LogP contribution in [0.4, 0.5) is 0 Å². The molecule has 3 aromatic rings. The van der Waals surface area contributed by atoms with Crippen molar-refractivity contribution in [3.63, 3.8) is 0 Å². The molecule has 17 heavy (non-hydrogen) atoms. The van der Waals surface area contributed by atoms with Gasteiger partial charge in [-0.25, -0.2) is 0 Å². The molecule has 2 aromatic carbocycles. The van der Waals surface area contributed by atoms with E-state index in [1.54, 1.807) is 6.07 Å². The van der Waals surface area contributed by atoms with Crippen molar-refractivity contribution in [1.82, 2.24) is 4.98 Å². The van der Waals surface area contributed by atoms with Crippen LogP contribution in [0.15, 0.2) is 48.7 Å². The standard InChI is InChI=1S/C14H9Cl2N/c15-9-5-6-10(13(16)7-9)12-8-17-14-4-2-1-3-11(12)14/h1-8,17H. The van der Waals surface area contributed by atoms with E-state index in [0.717, 1.165) is 22.0 Å². The molecule has 3 rings (SSSR count). The largest absolute Gasteiger partial charge is 0.361 e. The molecule has 0 fully saturated rings. The van der Waals surface area contributed by atoms with Crippen LogP contribution in [0.2, 0.25) is 10.0 Å². The summed E-state index contributed by atoms with van der Waals surface area (Å²) >= 11 is 12.1. The normalized spacial score (nSPS) is 10.9. The van der Waals surface area contributed by atoms with Crippen molar-refractivity contribution in [3.05, 3.63) is 58.7 Å². The third-order valence-electron chi connectivity index (χ3n) is 2.81. The fraction of sp³-hybridized carbons (Fsp3) is 0. The Morgan fingerprint density at radius 2 is 1.71 bits per heavy atom. The van der Waals surface area contributed by atoms with Crippen LogP contribution in [0.3, 0.4) is 0 Å². The molecule has 0 atom stereocenters. The number of hydrogen-bond donors (Lipinski definition) is 1. The first-order valence-electron chi connectivity index (χ1n) is 5.27. The lowest BCUT2D eigenvalue weighted by Crippen LogP contribution is -1.77. The van der Waals surface area contributed by atoms with E-state index in [4.69, 9.17) is 23.2 Å². The molecular formula is C14H9Cl2N. The van der Waals surface area contributed by atoms with Gasteiger partial charge in [-0.3, -0.25) is 0 Å². The molecule has 0 saturated heterocycles. The number of para-hydroxylation sites is 1. The first kappa shape index (κ1) is 10.7. The van der Waals surface area contributed by atoms with Gasteiger partial charge in [-0.15, -0.1) is 0 Å². The van der Waals surface area contributed by atoms with Crippen LogP contribution in [0.1, 0.15) is 0 Å². The van der Waals surface area contributed by atoms with Gasteiger partial charge in [0.2, 0.25) is 0 Å². The van der Waals surface area contributed by atoms with Crippen molar-refractivity contribution in [2.45, 2.75) is 0 Å². The maximum atomic E-state index is 6.22. The number of fused-ring (bicyclic) bond motifs is 1. The van der Waals surface area contributed by atoms with Gasteiger partial charge >= 0.3 is 0 Å². The third kappa shape index (κ3) is 1.82. The molecule has 1 N–H and O–H groups in total. The summed E-state index contributed by atoms with van der Waals surface area (Å²) in [5, 5.41) is 2.48. The molecule has 0 amide bonds. The summed E-state index contributed by atoms with van der Waals surface area (Å²) in [4.78, 5) is 3.24. The molecule has 0 aliphatic heterocycles. The Morgan fingerprint density at radius 1 is 0.882 bits per heavy atom. The van der Waals surface area contributed by atoms with Crippen molar-refractivity contribution in [1.29, 1.82) is 0 Å². The van der Waals surface area contributed by atoms with Crippen molar-refractivity contribution in [2.75, 3.05) is 0 Å². The number of nitrogens with one attached hydrogen (secondary N) is 1. The molecule has 1 aromatic heterocycles. The Hall–Kier alpha value is -1.44. The average Bonchev–Trinajstić information content (AvgIpc) is 2.73. The Balaban J connectivity index is 2.27. The summed E-state index contributed by atoms with van der Waals surface area (Å²) in [7, 11) is 0. The lowest BCUT2D eigenvalue weighted by Gasteiger charge is -2.03. The van der Waals surface area contributed by atoms with Gasteiger partial charge in [0.15, 0.2) is 0 Å². The first-order valence-corrected chi connectivity index (χ1v) is 6.03. The zero-order chi connectivity index (χ0) is 11.8. The fourth-order valence-corrected chi connectivity index (χ4v) is 2.51. The molecule has 0 spiro atoms. The van der Waals surface area contributed by atoms with Crippen LogP contribution in [-0.2, 0) is 0 Å². The van der Waals surface area contributed by atoms with E-state index >= 15 is 0 Å². The van der Waals surface area contributed by atoms with Gasteiger partial charge in [-0.2, -0.15) is 0 Å². The highest BCUT2D eigenvalue weighted by atomic mass is 35.5. The lowest BCUT2D eigenvalue weighted by molar-refractivity contribution is 1.47. The Kier molecular flexibility index (Phi) is 2.58. The second-order valence-electron chi connectivity index (χ2n) is 3.87. The number of benzene rings is 2. The van der Waals surface area contributed by atoms with Gasteiger partial charge in [-0.1, -0.05) is 47.5 Å². The SMILES string of the molecule is Clc1ccc(-c2c[nH]c3ccccc23)c(Cl)c1. The molecule has 0 aliphatic rings. The minimum Gasteiger partial charge on any atom is -0.361 e. The van der Waals surface area contributed by atoms with Gasteiger partial charge in [0.05, 0.1) is 0 Å². The third-order valence-corrected chi connectivity index (χ3v) is 3.36. The van der Waals surface area contributed by atoms with E-state index in [1.165, 1.54) is 0 Å². The smallest absolute Gasteiger partial charge is 0.0499 e. The van der Waals surface area contributed by atoms with Gasteiger partial charge < -0.3 is 4.98 Å². The van der Waals surface area contributed by atoms with Crippen LogP contribution >= 0.6 is 23.2 Å². The van der Waals surface area contributed by atoms with Crippen molar-refractivity contribution >= 4 is 34.1 Å². The van der Waals surface area contributed by atoms with E-state index in [2.05, 4.69) is 11.1 Å². The minimum absolute atomic E-state index is 0.651. The summed E-state index contributed by atoms with van der Waals surface area (Å²) in [6.45, 7) is 0. The van der Waals surface area contributed by atoms with Crippen LogP contribution in [-0.4, -0.2) is 4.98 Å². The van der Waals surface area contributed by atoms with E-state index < -0.39 is 0 Å². The summed E-state index contributed by atoms with van der Waals surface area (Å²) in [5.74, 6) is 0. The molecule has 0 aliphatic carbocycles. The zero-order valence-electron chi connectivity index (χ0n) is 8.87. The highest BCUT2D eigenvalue weighted by Gasteiger charge is 2.09. The molecule has 0 bridgehead atoms. The van der Waals surface area contributed by atoms with Gasteiger partial charge in [0.25, 0.3) is 0 Å². The van der Waals surface area contributed by atoms with E-state index in [1.807, 2.05) is 36.5 Å². The number of rotatable bonds is 1. The molecule has 3 heteroatoms. The summed E-state index contributed by atoms with van der Waals surface area (Å²) in [5.41, 5.74) is 3.20. The maximum absolute atomic E-state index is 6.22. The molecule has 84 valence electrons. The first-order chi connectivity index (χ1) is 8.25. The highest BCUT2D eigenvalue weighted by molar-refractivity contribution is 6.36. The van der Waals surface area contributed by atoms with Crippen molar-refractivity contribution < 1.29 is 0 Å². The van der Waals surface area contributed by atoms with Crippen LogP contribution in [0.5, 0.6) is 0 Å². The summed E-state index contributed by atoms with van der Waals surface area (Å²) < 4.78 is 0.